The molecule has 1 fully saturated rings. The topological polar surface area (TPSA) is 106 Å². The summed E-state index contributed by atoms with van der Waals surface area (Å²) in [5.41, 5.74) is 2.52. The third kappa shape index (κ3) is 6.29. The van der Waals surface area contributed by atoms with E-state index in [0.29, 0.717) is 30.3 Å². The summed E-state index contributed by atoms with van der Waals surface area (Å²) in [6.45, 7) is 4.38. The van der Waals surface area contributed by atoms with E-state index in [0.717, 1.165) is 26.7 Å². The summed E-state index contributed by atoms with van der Waals surface area (Å²) < 4.78 is 62.2. The fourth-order valence-electron chi connectivity index (χ4n) is 4.84. The van der Waals surface area contributed by atoms with Crippen LogP contribution in [0.25, 0.3) is 22.2 Å². The molecule has 1 aliphatic rings. The van der Waals surface area contributed by atoms with Crippen LogP contribution in [0.1, 0.15) is 25.3 Å². The molecular weight excluding hydrogens is 531 g/mol. The van der Waals surface area contributed by atoms with Gasteiger partial charge in [-0.25, -0.2) is 23.4 Å². The van der Waals surface area contributed by atoms with Gasteiger partial charge in [0.1, 0.15) is 28.0 Å². The quantitative estimate of drug-likeness (QED) is 0.328. The maximum absolute atomic E-state index is 12.7. The van der Waals surface area contributed by atoms with E-state index in [1.165, 1.54) is 24.8 Å². The van der Waals surface area contributed by atoms with Gasteiger partial charge in [-0.2, -0.15) is 18.3 Å². The van der Waals surface area contributed by atoms with Crippen molar-refractivity contribution in [3.8, 4) is 11.4 Å². The number of hydrogen-bond donors (Lipinski definition) is 1. The summed E-state index contributed by atoms with van der Waals surface area (Å²) in [6.07, 6.45) is 2.76. The number of sulfone groups is 1. The highest BCUT2D eigenvalue weighted by molar-refractivity contribution is 7.90. The number of pyridine rings is 1. The van der Waals surface area contributed by atoms with Gasteiger partial charge in [-0.15, -0.1) is 0 Å². The molecule has 0 amide bonds. The molecule has 1 saturated heterocycles. The van der Waals surface area contributed by atoms with Gasteiger partial charge in [0.15, 0.2) is 5.82 Å². The molecule has 1 aliphatic heterocycles. The Morgan fingerprint density at radius 3 is 2.54 bits per heavy atom. The number of aromatic nitrogens is 5. The van der Waals surface area contributed by atoms with Gasteiger partial charge in [0.05, 0.1) is 17.5 Å². The first-order valence-electron chi connectivity index (χ1n) is 12.4. The normalized spacial score (nSPS) is 14.7. The number of rotatable bonds is 8. The van der Waals surface area contributed by atoms with Crippen molar-refractivity contribution in [2.24, 2.45) is 5.92 Å². The largest absolute Gasteiger partial charge is 0.408 e. The van der Waals surface area contributed by atoms with Crippen molar-refractivity contribution in [2.75, 3.05) is 35.3 Å². The Balaban J connectivity index is 1.39. The van der Waals surface area contributed by atoms with Crippen LogP contribution in [0.2, 0.25) is 0 Å². The predicted molar refractivity (Wildman–Crippen MR) is 144 cm³/mol. The number of anilines is 3. The maximum atomic E-state index is 12.7. The molecule has 1 N–H and O–H groups in total. The molecular formula is C26H28F3N7O2S. The lowest BCUT2D eigenvalue weighted by atomic mass is 9.93. The maximum Gasteiger partial charge on any atom is 0.408 e. The minimum absolute atomic E-state index is 0.112. The molecule has 4 heterocycles. The van der Waals surface area contributed by atoms with Crippen molar-refractivity contribution in [3.05, 3.63) is 54.6 Å². The Kier molecular flexibility index (Phi) is 6.95. The highest BCUT2D eigenvalue weighted by Crippen LogP contribution is 2.37. The molecule has 0 radical (unpaired) electrons. The Bertz CT molecular complexity index is 1610. The first-order valence-corrected chi connectivity index (χ1v) is 14.5. The van der Waals surface area contributed by atoms with Crippen LogP contribution < -0.4 is 10.2 Å². The first kappa shape index (κ1) is 26.9. The average molecular weight is 560 g/mol. The van der Waals surface area contributed by atoms with E-state index in [2.05, 4.69) is 56.2 Å². The minimum Gasteiger partial charge on any atom is -0.370 e. The zero-order valence-corrected chi connectivity index (χ0v) is 22.5. The van der Waals surface area contributed by atoms with Crippen LogP contribution in [0.3, 0.4) is 0 Å². The van der Waals surface area contributed by atoms with Gasteiger partial charge in [0, 0.05) is 54.9 Å². The van der Waals surface area contributed by atoms with E-state index in [1.807, 2.05) is 6.07 Å². The van der Waals surface area contributed by atoms with Gasteiger partial charge in [-0.05, 0) is 35.1 Å². The smallest absolute Gasteiger partial charge is 0.370 e. The molecule has 0 bridgehead atoms. The Morgan fingerprint density at radius 1 is 1.08 bits per heavy atom. The average Bonchev–Trinajstić information content (AvgIpc) is 3.27. The van der Waals surface area contributed by atoms with Crippen molar-refractivity contribution in [1.29, 1.82) is 0 Å². The Labute approximate surface area is 224 Å². The van der Waals surface area contributed by atoms with E-state index in [1.54, 1.807) is 12.3 Å². The number of halogens is 3. The number of benzene rings is 1. The van der Waals surface area contributed by atoms with E-state index < -0.39 is 22.6 Å². The lowest BCUT2D eigenvalue weighted by molar-refractivity contribution is -0.142. The molecule has 206 valence electrons. The monoisotopic (exact) mass is 559 g/mol. The van der Waals surface area contributed by atoms with Crippen molar-refractivity contribution in [1.82, 2.24) is 24.7 Å². The van der Waals surface area contributed by atoms with E-state index in [-0.39, 0.29) is 23.4 Å². The van der Waals surface area contributed by atoms with Crippen molar-refractivity contribution in [3.63, 3.8) is 0 Å². The summed E-state index contributed by atoms with van der Waals surface area (Å²) in [6, 6.07) is 7.76. The molecule has 3 aromatic heterocycles. The minimum atomic E-state index is -4.38. The van der Waals surface area contributed by atoms with Crippen LogP contribution in [0.5, 0.6) is 0 Å². The van der Waals surface area contributed by atoms with Crippen LogP contribution in [-0.4, -0.2) is 64.4 Å². The van der Waals surface area contributed by atoms with Crippen LogP contribution in [0.15, 0.2) is 49.1 Å². The zero-order valence-electron chi connectivity index (χ0n) is 21.6. The Hall–Kier alpha value is -3.74. The highest BCUT2D eigenvalue weighted by atomic mass is 32.2. The molecule has 0 atom stereocenters. The second-order valence-corrected chi connectivity index (χ2v) is 12.4. The molecule has 0 spiro atoms. The number of nitrogens with zero attached hydrogens (tertiary/aromatic N) is 6. The third-order valence-electron chi connectivity index (χ3n) is 6.51. The highest BCUT2D eigenvalue weighted by Gasteiger charge is 2.31. The third-order valence-corrected chi connectivity index (χ3v) is 7.59. The molecule has 0 aliphatic carbocycles. The van der Waals surface area contributed by atoms with E-state index in [4.69, 9.17) is 0 Å². The van der Waals surface area contributed by atoms with Crippen LogP contribution in [0.4, 0.5) is 30.5 Å². The lowest BCUT2D eigenvalue weighted by Crippen LogP contribution is -2.49. The summed E-state index contributed by atoms with van der Waals surface area (Å²) in [5, 5.41) is 8.93. The lowest BCUT2D eigenvalue weighted by Gasteiger charge is -2.41. The molecule has 0 saturated carbocycles. The van der Waals surface area contributed by atoms with E-state index in [9.17, 15) is 21.6 Å². The van der Waals surface area contributed by atoms with Crippen LogP contribution >= 0.6 is 0 Å². The molecule has 39 heavy (non-hydrogen) atoms. The summed E-state index contributed by atoms with van der Waals surface area (Å²) in [4.78, 5) is 15.4. The molecule has 0 unspecified atom stereocenters. The SMILES string of the molecule is CC(C)c1ccc(N2CC(CS(C)(=O)=O)C2)c2cnc(Nc3ccnc(-c4cnn(CC(F)(F)F)c4)n3)cc12. The molecule has 4 aromatic rings. The van der Waals surface area contributed by atoms with Crippen LogP contribution in [-0.2, 0) is 16.4 Å². The van der Waals surface area contributed by atoms with Gasteiger partial charge < -0.3 is 10.2 Å². The Morgan fingerprint density at radius 2 is 1.85 bits per heavy atom. The second kappa shape index (κ2) is 10.1. The summed E-state index contributed by atoms with van der Waals surface area (Å²) in [7, 11) is -3.02. The number of nitrogens with one attached hydrogen (secondary N) is 1. The summed E-state index contributed by atoms with van der Waals surface area (Å²) >= 11 is 0. The molecule has 9 nitrogen and oxygen atoms in total. The van der Waals surface area contributed by atoms with E-state index >= 15 is 0 Å². The van der Waals surface area contributed by atoms with Crippen molar-refractivity contribution in [2.45, 2.75) is 32.5 Å². The number of hydrogen-bond acceptors (Lipinski definition) is 8. The molecule has 5 rings (SSSR count). The van der Waals surface area contributed by atoms with Gasteiger partial charge in [0.25, 0.3) is 0 Å². The fraction of sp³-hybridized carbons (Fsp3) is 0.385. The van der Waals surface area contributed by atoms with Crippen molar-refractivity contribution < 1.29 is 21.6 Å². The zero-order chi connectivity index (χ0) is 27.9. The molecule has 13 heteroatoms. The standard InChI is InChI=1S/C26H28F3N7O2S/c1-16(2)19-4-5-22(35-11-17(12-35)14-39(3,37)38)21-10-31-24(8-20(19)21)33-23-6-7-30-25(34-23)18-9-32-36(13-18)15-26(27,28)29/h4-10,13,16-17H,11-12,14-15H2,1-3H3,(H,30,31,33,34). The number of fused-ring (bicyclic) bond motifs is 1. The van der Waals surface area contributed by atoms with Gasteiger partial charge >= 0.3 is 6.18 Å². The van der Waals surface area contributed by atoms with Crippen LogP contribution in [0, 0.1) is 5.92 Å². The van der Waals surface area contributed by atoms with Gasteiger partial charge in [-0.3, -0.25) is 4.68 Å². The molecule has 1 aromatic carbocycles. The second-order valence-electron chi connectivity index (χ2n) is 10.2. The number of alkyl halides is 3. The van der Waals surface area contributed by atoms with Gasteiger partial charge in [0.2, 0.25) is 0 Å². The summed E-state index contributed by atoms with van der Waals surface area (Å²) in [5.74, 6) is 1.77. The predicted octanol–water partition coefficient (Wildman–Crippen LogP) is 4.80. The van der Waals surface area contributed by atoms with Crippen molar-refractivity contribution >= 4 is 37.9 Å². The first-order chi connectivity index (χ1) is 18.3. The fourth-order valence-corrected chi connectivity index (χ4v) is 5.91. The van der Waals surface area contributed by atoms with Gasteiger partial charge in [-0.1, -0.05) is 19.9 Å².